The Morgan fingerprint density at radius 1 is 0.529 bits per heavy atom. The van der Waals surface area contributed by atoms with Crippen molar-refractivity contribution in [3.63, 3.8) is 0 Å². The van der Waals surface area contributed by atoms with E-state index in [1.165, 1.54) is 6.92 Å². The van der Waals surface area contributed by atoms with Crippen LogP contribution in [0.3, 0.4) is 0 Å². The second-order valence-electron chi connectivity index (χ2n) is 11.5. The van der Waals surface area contributed by atoms with Gasteiger partial charge < -0.3 is 24.8 Å². The summed E-state index contributed by atoms with van der Waals surface area (Å²) >= 11 is 4.10. The van der Waals surface area contributed by atoms with E-state index in [1.807, 2.05) is 24.3 Å². The van der Waals surface area contributed by atoms with E-state index in [4.69, 9.17) is 9.47 Å². The van der Waals surface area contributed by atoms with Crippen molar-refractivity contribution in [3.05, 3.63) is 119 Å². The lowest BCUT2D eigenvalue weighted by molar-refractivity contribution is -0.113. The van der Waals surface area contributed by atoms with Crippen molar-refractivity contribution in [2.75, 3.05) is 13.2 Å². The monoisotopic (exact) mass is 764 g/mol. The molecule has 0 aromatic heterocycles. The number of carbonyl (C=O) groups is 4. The van der Waals surface area contributed by atoms with Crippen LogP contribution in [0, 0.1) is 0 Å². The maximum Gasteiger partial charge on any atom is 0.196 e. The minimum absolute atomic E-state index is 0.0361. The number of aliphatic hydroxyl groups excluding tert-OH is 3. The molecule has 0 radical (unpaired) electrons. The Hall–Kier alpha value is -3.24. The van der Waals surface area contributed by atoms with Gasteiger partial charge in [0.25, 0.3) is 0 Å². The van der Waals surface area contributed by atoms with Crippen molar-refractivity contribution in [1.29, 1.82) is 0 Å². The van der Waals surface area contributed by atoms with Crippen LogP contribution in [0.2, 0.25) is 0 Å². The smallest absolute Gasteiger partial charge is 0.196 e. The molecule has 13 heteroatoms. The Balaban J connectivity index is 1.03. The van der Waals surface area contributed by atoms with Crippen LogP contribution in [-0.2, 0) is 28.7 Å². The summed E-state index contributed by atoms with van der Waals surface area (Å²) in [6.45, 7) is 2.58. The predicted molar refractivity (Wildman–Crippen MR) is 198 cm³/mol. The summed E-state index contributed by atoms with van der Waals surface area (Å²) in [5.74, 6) is 0. The van der Waals surface area contributed by atoms with E-state index in [2.05, 4.69) is 0 Å². The summed E-state index contributed by atoms with van der Waals surface area (Å²) in [6, 6.07) is 27.6. The molecule has 9 nitrogen and oxygen atoms in total. The van der Waals surface area contributed by atoms with E-state index in [9.17, 15) is 34.5 Å². The molecule has 5 rings (SSSR count). The molecule has 1 aliphatic rings. The molecule has 1 fully saturated rings. The van der Waals surface area contributed by atoms with E-state index in [0.717, 1.165) is 62.4 Å². The molecule has 4 aromatic carbocycles. The predicted octanol–water partition coefficient (Wildman–Crippen LogP) is 7.60. The maximum atomic E-state index is 12.7. The summed E-state index contributed by atoms with van der Waals surface area (Å²) in [7, 11) is 0. The van der Waals surface area contributed by atoms with Crippen LogP contribution in [0.15, 0.2) is 117 Å². The quantitative estimate of drug-likeness (QED) is 0.108. The van der Waals surface area contributed by atoms with Gasteiger partial charge in [-0.15, -0.1) is 0 Å². The topological polar surface area (TPSA) is 147 Å². The fraction of sp³-hybridized carbons (Fsp3) is 0.263. The number of carbonyl (C=O) groups excluding carboxylic acids is 4. The Morgan fingerprint density at radius 3 is 1.14 bits per heavy atom. The highest BCUT2D eigenvalue weighted by molar-refractivity contribution is 8.14. The van der Waals surface area contributed by atoms with Gasteiger partial charge in [-0.25, -0.2) is 0 Å². The molecule has 0 spiro atoms. The third-order valence-corrected chi connectivity index (χ3v) is 11.1. The van der Waals surface area contributed by atoms with Gasteiger partial charge in [-0.1, -0.05) is 95.6 Å². The number of rotatable bonds is 14. The lowest BCUT2D eigenvalue weighted by Crippen LogP contribution is -2.05. The van der Waals surface area contributed by atoms with Gasteiger partial charge in [0.15, 0.2) is 26.8 Å². The molecule has 0 bridgehead atoms. The third kappa shape index (κ3) is 12.2. The van der Waals surface area contributed by atoms with Gasteiger partial charge in [0.1, 0.15) is 0 Å². The molecular weight excluding hydrogens is 729 g/mol. The average Bonchev–Trinajstić information content (AvgIpc) is 3.64. The van der Waals surface area contributed by atoms with Crippen LogP contribution in [-0.4, -0.2) is 49.0 Å². The van der Waals surface area contributed by atoms with Crippen LogP contribution >= 0.6 is 47.0 Å². The van der Waals surface area contributed by atoms with Gasteiger partial charge in [0.05, 0.1) is 31.5 Å². The van der Waals surface area contributed by atoms with Crippen LogP contribution < -0.4 is 0 Å². The Bertz CT molecular complexity index is 1790. The Morgan fingerprint density at radius 2 is 0.824 bits per heavy atom. The van der Waals surface area contributed by atoms with Crippen molar-refractivity contribution in [2.45, 2.75) is 70.4 Å². The number of thioether (sulfide) groups is 4. The zero-order valence-corrected chi connectivity index (χ0v) is 30.8. The van der Waals surface area contributed by atoms with E-state index in [1.54, 1.807) is 72.8 Å². The van der Waals surface area contributed by atoms with Gasteiger partial charge in [0, 0.05) is 51.3 Å². The summed E-state index contributed by atoms with van der Waals surface area (Å²) in [5, 5.41) is 31.1. The first-order valence-electron chi connectivity index (χ1n) is 16.0. The van der Waals surface area contributed by atoms with Gasteiger partial charge in [-0.2, -0.15) is 0 Å². The summed E-state index contributed by atoms with van der Waals surface area (Å²) < 4.78 is 11.0. The minimum Gasteiger partial charge on any atom is -0.388 e. The number of hydrogen-bond acceptors (Lipinski definition) is 13. The lowest BCUT2D eigenvalue weighted by Gasteiger charge is -2.13. The molecule has 0 amide bonds. The van der Waals surface area contributed by atoms with Crippen LogP contribution in [0.5, 0.6) is 0 Å². The molecule has 1 aliphatic heterocycles. The Labute approximate surface area is 312 Å². The molecule has 1 saturated heterocycles. The van der Waals surface area contributed by atoms with Crippen LogP contribution in [0.25, 0.3) is 0 Å². The molecule has 3 unspecified atom stereocenters. The molecule has 4 aromatic rings. The zero-order valence-electron chi connectivity index (χ0n) is 27.5. The van der Waals surface area contributed by atoms with Crippen molar-refractivity contribution < 1.29 is 44.0 Å². The average molecular weight is 765 g/mol. The lowest BCUT2D eigenvalue weighted by atomic mass is 10.1. The first-order chi connectivity index (χ1) is 24.5. The molecule has 3 atom stereocenters. The van der Waals surface area contributed by atoms with Gasteiger partial charge in [0.2, 0.25) is 0 Å². The number of aliphatic hydroxyl groups is 3. The normalized spacial score (nSPS) is 14.9. The number of hydrogen-bond donors (Lipinski definition) is 3. The van der Waals surface area contributed by atoms with Crippen molar-refractivity contribution in [1.82, 2.24) is 0 Å². The first-order valence-corrected chi connectivity index (χ1v) is 19.3. The highest BCUT2D eigenvalue weighted by Gasteiger charge is 2.20. The fourth-order valence-electron chi connectivity index (χ4n) is 5.03. The van der Waals surface area contributed by atoms with Crippen LogP contribution in [0.4, 0.5) is 0 Å². The van der Waals surface area contributed by atoms with Gasteiger partial charge in [-0.3, -0.25) is 19.2 Å². The second kappa shape index (κ2) is 19.0. The number of ether oxygens (including phenoxy) is 2. The fourth-order valence-corrected chi connectivity index (χ4v) is 7.96. The Kier molecular flexibility index (Phi) is 14.5. The van der Waals surface area contributed by atoms with Gasteiger partial charge >= 0.3 is 0 Å². The molecule has 266 valence electrons. The molecule has 1 heterocycles. The molecular formula is C38H36O9S4. The van der Waals surface area contributed by atoms with Crippen molar-refractivity contribution in [3.8, 4) is 0 Å². The van der Waals surface area contributed by atoms with E-state index >= 15 is 0 Å². The summed E-state index contributed by atoms with van der Waals surface area (Å²) in [4.78, 5) is 52.0. The zero-order chi connectivity index (χ0) is 36.3. The van der Waals surface area contributed by atoms with Crippen LogP contribution in [0.1, 0.15) is 73.0 Å². The molecule has 51 heavy (non-hydrogen) atoms. The van der Waals surface area contributed by atoms with E-state index in [0.29, 0.717) is 39.7 Å². The van der Waals surface area contributed by atoms with Crippen molar-refractivity contribution in [2.24, 2.45) is 0 Å². The summed E-state index contributed by atoms with van der Waals surface area (Å²) in [6.07, 6.45) is -3.72. The highest BCUT2D eigenvalue weighted by Crippen LogP contribution is 2.32. The van der Waals surface area contributed by atoms with E-state index in [-0.39, 0.29) is 46.0 Å². The van der Waals surface area contributed by atoms with Crippen molar-refractivity contribution >= 4 is 67.5 Å². The van der Waals surface area contributed by atoms with E-state index < -0.39 is 18.3 Å². The first kappa shape index (κ1) is 39.0. The van der Waals surface area contributed by atoms with Gasteiger partial charge in [-0.05, 0) is 65.2 Å². The second-order valence-corrected chi connectivity index (χ2v) is 16.2. The number of benzene rings is 4. The molecule has 0 aliphatic carbocycles. The SMILES string of the molecule is CC(=O)Sc1ccc(C(O)CC(=O)Sc2ccc(C(O)CC(=O)Sc3ccc(C(O)CC(=O)Sc4ccc(C5OCCO5)cc4)cc3)cc2)cc1. The largest absolute Gasteiger partial charge is 0.388 e. The highest BCUT2D eigenvalue weighted by atomic mass is 32.2. The maximum absolute atomic E-state index is 12.7. The third-order valence-electron chi connectivity index (χ3n) is 7.61. The molecule has 0 saturated carbocycles. The molecule has 3 N–H and O–H groups in total. The standard InChI is InChI=1S/C38H36O9S4/c1-23(39)48-28-10-2-24(3-11-28)32(40)20-35(43)49-29-12-4-25(5-13-29)33(41)21-36(44)50-30-14-6-26(7-15-30)34(42)22-37(45)51-31-16-8-27(9-17-31)38-46-18-19-47-38/h2-17,32-34,38,40-42H,18-22H2,1H3. The minimum atomic E-state index is -1.05. The summed E-state index contributed by atoms with van der Waals surface area (Å²) in [5.41, 5.74) is 2.54.